The highest BCUT2D eigenvalue weighted by molar-refractivity contribution is 7.80. The average molecular weight is 337 g/mol. The van der Waals surface area contributed by atoms with Gasteiger partial charge in [0.05, 0.1) is 4.92 Å². The molecule has 0 saturated heterocycles. The number of hydrogen-bond donors (Lipinski definition) is 2. The van der Waals surface area contributed by atoms with E-state index in [0.717, 1.165) is 11.4 Å². The Morgan fingerprint density at radius 3 is 2.59 bits per heavy atom. The molecular formula is C12H11N5O3S2. The lowest BCUT2D eigenvalue weighted by atomic mass is 10.2. The Kier molecular flexibility index (Phi) is 5.07. The first-order valence-corrected chi connectivity index (χ1v) is 7.41. The molecule has 1 aromatic heterocycles. The molecular weight excluding hydrogens is 326 g/mol. The lowest BCUT2D eigenvalue weighted by Gasteiger charge is -2.06. The molecule has 0 spiro atoms. The van der Waals surface area contributed by atoms with Crippen molar-refractivity contribution < 1.29 is 9.72 Å². The Hall–Kier alpha value is -2.46. The summed E-state index contributed by atoms with van der Waals surface area (Å²) < 4.78 is 0. The van der Waals surface area contributed by atoms with Gasteiger partial charge in [0.1, 0.15) is 5.01 Å². The van der Waals surface area contributed by atoms with Gasteiger partial charge in [0, 0.05) is 17.7 Å². The predicted molar refractivity (Wildman–Crippen MR) is 86.1 cm³/mol. The highest BCUT2D eigenvalue weighted by Crippen LogP contribution is 2.15. The van der Waals surface area contributed by atoms with Crippen LogP contribution in [0.5, 0.6) is 0 Å². The summed E-state index contributed by atoms with van der Waals surface area (Å²) in [5.74, 6) is -0.465. The molecule has 1 amide bonds. The van der Waals surface area contributed by atoms with E-state index in [1.165, 1.54) is 35.6 Å². The number of benzene rings is 1. The number of amides is 1. The van der Waals surface area contributed by atoms with Crippen LogP contribution in [-0.2, 0) is 6.42 Å². The monoisotopic (exact) mass is 337 g/mol. The van der Waals surface area contributed by atoms with Gasteiger partial charge < -0.3 is 5.32 Å². The van der Waals surface area contributed by atoms with Gasteiger partial charge in [-0.05, 0) is 30.8 Å². The van der Waals surface area contributed by atoms with Gasteiger partial charge >= 0.3 is 0 Å². The van der Waals surface area contributed by atoms with Crippen LogP contribution in [0.3, 0.4) is 0 Å². The van der Waals surface area contributed by atoms with Crippen LogP contribution in [-0.4, -0.2) is 26.1 Å². The Bertz CT molecular complexity index is 714. The van der Waals surface area contributed by atoms with Crippen LogP contribution in [0.25, 0.3) is 0 Å². The molecule has 2 aromatic rings. The first-order valence-electron chi connectivity index (χ1n) is 6.18. The summed E-state index contributed by atoms with van der Waals surface area (Å²) in [6, 6.07) is 5.22. The zero-order chi connectivity index (χ0) is 16.1. The van der Waals surface area contributed by atoms with E-state index < -0.39 is 10.8 Å². The molecule has 0 bridgehead atoms. The van der Waals surface area contributed by atoms with Crippen molar-refractivity contribution in [2.24, 2.45) is 0 Å². The second kappa shape index (κ2) is 7.00. The largest absolute Gasteiger partial charge is 0.307 e. The molecule has 8 nitrogen and oxygen atoms in total. The molecule has 10 heteroatoms. The number of aryl methyl sites for hydroxylation is 1. The number of nitro groups is 1. The van der Waals surface area contributed by atoms with E-state index in [9.17, 15) is 14.9 Å². The van der Waals surface area contributed by atoms with Crippen LogP contribution in [0, 0.1) is 10.1 Å². The molecule has 0 atom stereocenters. The van der Waals surface area contributed by atoms with E-state index >= 15 is 0 Å². The third-order valence-electron chi connectivity index (χ3n) is 2.56. The molecule has 0 fully saturated rings. The second-order valence-electron chi connectivity index (χ2n) is 4.07. The second-order valence-corrected chi connectivity index (χ2v) is 5.54. The normalized spacial score (nSPS) is 10.0. The summed E-state index contributed by atoms with van der Waals surface area (Å²) in [6.45, 7) is 1.96. The van der Waals surface area contributed by atoms with E-state index in [1.54, 1.807) is 0 Å². The quantitative estimate of drug-likeness (QED) is 0.499. The molecule has 0 aliphatic carbocycles. The van der Waals surface area contributed by atoms with Gasteiger partial charge in [-0.2, -0.15) is 0 Å². The maximum Gasteiger partial charge on any atom is 0.269 e. The first-order chi connectivity index (χ1) is 10.5. The number of hydrogen-bond acceptors (Lipinski definition) is 7. The molecule has 22 heavy (non-hydrogen) atoms. The smallest absolute Gasteiger partial charge is 0.269 e. The van der Waals surface area contributed by atoms with Crippen LogP contribution in [0.4, 0.5) is 10.8 Å². The fourth-order valence-electron chi connectivity index (χ4n) is 1.49. The minimum atomic E-state index is -0.533. The summed E-state index contributed by atoms with van der Waals surface area (Å²) in [6.07, 6.45) is 0.765. The van der Waals surface area contributed by atoms with Crippen LogP contribution >= 0.6 is 23.6 Å². The zero-order valence-corrected chi connectivity index (χ0v) is 13.0. The lowest BCUT2D eigenvalue weighted by Crippen LogP contribution is -2.34. The number of thiocarbonyl (C=S) groups is 1. The van der Waals surface area contributed by atoms with Crippen molar-refractivity contribution in [3.8, 4) is 0 Å². The van der Waals surface area contributed by atoms with Crippen molar-refractivity contribution in [2.45, 2.75) is 13.3 Å². The van der Waals surface area contributed by atoms with Gasteiger partial charge in [-0.25, -0.2) is 0 Å². The third-order valence-corrected chi connectivity index (χ3v) is 3.74. The summed E-state index contributed by atoms with van der Waals surface area (Å²) in [7, 11) is 0. The Labute approximate surface area is 134 Å². The molecule has 1 heterocycles. The SMILES string of the molecule is CCc1nnc(NC(=S)NC(=O)c2ccc([N+](=O)[O-])cc2)s1. The molecule has 0 saturated carbocycles. The Morgan fingerprint density at radius 2 is 2.05 bits per heavy atom. The number of nitrogens with one attached hydrogen (secondary N) is 2. The fraction of sp³-hybridized carbons (Fsp3) is 0.167. The topological polar surface area (TPSA) is 110 Å². The van der Waals surface area contributed by atoms with Crippen molar-refractivity contribution in [1.82, 2.24) is 15.5 Å². The summed E-state index contributed by atoms with van der Waals surface area (Å²) >= 11 is 6.35. The van der Waals surface area contributed by atoms with E-state index in [1.807, 2.05) is 6.92 Å². The number of non-ortho nitro benzene ring substituents is 1. The molecule has 0 aliphatic heterocycles. The predicted octanol–water partition coefficient (Wildman–Crippen LogP) is 2.14. The van der Waals surface area contributed by atoms with Gasteiger partial charge in [-0.3, -0.25) is 20.2 Å². The van der Waals surface area contributed by atoms with Crippen LogP contribution < -0.4 is 10.6 Å². The van der Waals surface area contributed by atoms with Gasteiger partial charge in [0.15, 0.2) is 5.11 Å². The van der Waals surface area contributed by atoms with Crippen molar-refractivity contribution in [3.05, 3.63) is 45.0 Å². The van der Waals surface area contributed by atoms with Gasteiger partial charge in [-0.15, -0.1) is 10.2 Å². The average Bonchev–Trinajstić information content (AvgIpc) is 2.94. The fourth-order valence-corrected chi connectivity index (χ4v) is 2.42. The minimum absolute atomic E-state index is 0.0850. The standard InChI is InChI=1S/C12H11N5O3S2/c1-2-9-15-16-12(22-9)14-11(21)13-10(18)7-3-5-8(6-4-7)17(19)20/h3-6H,2H2,1H3,(H2,13,14,16,18,21). The number of aromatic nitrogens is 2. The van der Waals surface area contributed by atoms with E-state index in [0.29, 0.717) is 5.13 Å². The number of nitrogens with zero attached hydrogens (tertiary/aromatic N) is 3. The molecule has 1 aromatic carbocycles. The van der Waals surface area contributed by atoms with Crippen molar-refractivity contribution in [1.29, 1.82) is 0 Å². The van der Waals surface area contributed by atoms with E-state index in [-0.39, 0.29) is 16.4 Å². The van der Waals surface area contributed by atoms with Crippen LogP contribution in [0.1, 0.15) is 22.3 Å². The molecule has 2 N–H and O–H groups in total. The molecule has 114 valence electrons. The lowest BCUT2D eigenvalue weighted by molar-refractivity contribution is -0.384. The number of nitro benzene ring substituents is 1. The molecule has 0 aliphatic rings. The maximum absolute atomic E-state index is 11.9. The van der Waals surface area contributed by atoms with Crippen molar-refractivity contribution in [3.63, 3.8) is 0 Å². The highest BCUT2D eigenvalue weighted by atomic mass is 32.1. The van der Waals surface area contributed by atoms with Gasteiger partial charge in [0.2, 0.25) is 5.13 Å². The third kappa shape index (κ3) is 4.02. The Balaban J connectivity index is 1.95. The van der Waals surface area contributed by atoms with E-state index in [2.05, 4.69) is 20.8 Å². The molecule has 0 radical (unpaired) electrons. The zero-order valence-electron chi connectivity index (χ0n) is 11.4. The number of rotatable bonds is 4. The number of anilines is 1. The van der Waals surface area contributed by atoms with Crippen molar-refractivity contribution >= 4 is 45.4 Å². The number of carbonyl (C=O) groups is 1. The number of carbonyl (C=O) groups excluding carboxylic acids is 1. The summed E-state index contributed by atoms with van der Waals surface area (Å²) in [4.78, 5) is 22.0. The van der Waals surface area contributed by atoms with E-state index in [4.69, 9.17) is 12.2 Å². The van der Waals surface area contributed by atoms with Gasteiger partial charge in [-0.1, -0.05) is 18.3 Å². The molecule has 0 unspecified atom stereocenters. The van der Waals surface area contributed by atoms with Crippen LogP contribution in [0.15, 0.2) is 24.3 Å². The van der Waals surface area contributed by atoms with Crippen molar-refractivity contribution in [2.75, 3.05) is 5.32 Å². The highest BCUT2D eigenvalue weighted by Gasteiger charge is 2.12. The minimum Gasteiger partial charge on any atom is -0.307 e. The molecule has 2 rings (SSSR count). The first kappa shape index (κ1) is 15.9. The van der Waals surface area contributed by atoms with Crippen LogP contribution in [0.2, 0.25) is 0 Å². The van der Waals surface area contributed by atoms with Gasteiger partial charge in [0.25, 0.3) is 11.6 Å². The summed E-state index contributed by atoms with van der Waals surface area (Å²) in [5.41, 5.74) is 0.180. The summed E-state index contributed by atoms with van der Waals surface area (Å²) in [5, 5.41) is 25.0. The maximum atomic E-state index is 11.9. The Morgan fingerprint density at radius 1 is 1.36 bits per heavy atom.